The van der Waals surface area contributed by atoms with E-state index in [2.05, 4.69) is 52.6 Å². The molecule has 0 radical (unpaired) electrons. The van der Waals surface area contributed by atoms with Crippen LogP contribution < -0.4 is 20.9 Å². The second-order valence-electron chi connectivity index (χ2n) is 6.56. The van der Waals surface area contributed by atoms with Crippen LogP contribution in [-0.4, -0.2) is 23.5 Å². The molecule has 0 aliphatic heterocycles. The van der Waals surface area contributed by atoms with Crippen molar-refractivity contribution in [2.45, 2.75) is 33.1 Å². The first-order chi connectivity index (χ1) is 13.8. The predicted molar refractivity (Wildman–Crippen MR) is 126 cm³/mol. The number of aryl methyl sites for hydroxylation is 1. The second kappa shape index (κ2) is 11.1. The molecule has 2 aromatic rings. The van der Waals surface area contributed by atoms with Gasteiger partial charge in [0.15, 0.2) is 11.7 Å². The molecule has 0 bridgehead atoms. The predicted octanol–water partition coefficient (Wildman–Crippen LogP) is 3.83. The summed E-state index contributed by atoms with van der Waals surface area (Å²) in [5, 5.41) is 2.53. The van der Waals surface area contributed by atoms with E-state index in [1.165, 1.54) is 0 Å². The van der Waals surface area contributed by atoms with E-state index in [1.807, 2.05) is 37.3 Å². The van der Waals surface area contributed by atoms with E-state index in [0.717, 1.165) is 21.1 Å². The summed E-state index contributed by atoms with van der Waals surface area (Å²) in [7, 11) is 0. The van der Waals surface area contributed by atoms with Crippen molar-refractivity contribution >= 4 is 51.7 Å². The first-order valence-corrected chi connectivity index (χ1v) is 10.7. The fraction of sp³-hybridized carbons (Fsp3) is 0.286. The van der Waals surface area contributed by atoms with Gasteiger partial charge in [-0.3, -0.25) is 25.8 Å². The van der Waals surface area contributed by atoms with Gasteiger partial charge in [-0.1, -0.05) is 38.1 Å². The fourth-order valence-corrected chi connectivity index (χ4v) is 3.14. The van der Waals surface area contributed by atoms with Gasteiger partial charge in [0.25, 0.3) is 11.8 Å². The third-order valence-corrected chi connectivity index (χ3v) is 5.76. The lowest BCUT2D eigenvalue weighted by Crippen LogP contribution is -2.49. The Morgan fingerprint density at radius 2 is 1.90 bits per heavy atom. The lowest BCUT2D eigenvalue weighted by atomic mass is 9.98. The minimum atomic E-state index is -0.412. The maximum absolute atomic E-state index is 12.2. The molecule has 2 rings (SSSR count). The molecule has 154 valence electrons. The van der Waals surface area contributed by atoms with E-state index < -0.39 is 5.91 Å². The number of ether oxygens (including phenoxy) is 1. The Hall–Kier alpha value is -2.20. The summed E-state index contributed by atoms with van der Waals surface area (Å²) in [6, 6.07) is 13.0. The molecule has 1 atom stereocenters. The van der Waals surface area contributed by atoms with E-state index in [-0.39, 0.29) is 17.6 Å². The molecule has 0 saturated carbocycles. The molecule has 0 fully saturated rings. The number of thiocarbonyl (C=S) groups is 1. The number of hydrogen-bond acceptors (Lipinski definition) is 4. The first-order valence-electron chi connectivity index (χ1n) is 9.19. The van der Waals surface area contributed by atoms with Crippen molar-refractivity contribution in [2.75, 3.05) is 6.61 Å². The normalized spacial score (nSPS) is 11.3. The summed E-state index contributed by atoms with van der Waals surface area (Å²) in [5.74, 6) is 0.251. The van der Waals surface area contributed by atoms with Gasteiger partial charge in [0.2, 0.25) is 0 Å². The third kappa shape index (κ3) is 6.97. The van der Waals surface area contributed by atoms with Crippen LogP contribution in [0.2, 0.25) is 0 Å². The van der Waals surface area contributed by atoms with Crippen LogP contribution in [0, 0.1) is 10.5 Å². The number of benzene rings is 2. The lowest BCUT2D eigenvalue weighted by Gasteiger charge is -2.16. The molecule has 1 unspecified atom stereocenters. The molecule has 0 saturated heterocycles. The summed E-state index contributed by atoms with van der Waals surface area (Å²) in [6.07, 6.45) is 0.974. The quantitative estimate of drug-likeness (QED) is 0.304. The van der Waals surface area contributed by atoms with Gasteiger partial charge in [-0.25, -0.2) is 0 Å². The highest BCUT2D eigenvalue weighted by molar-refractivity contribution is 14.1. The Balaban J connectivity index is 1.81. The summed E-state index contributed by atoms with van der Waals surface area (Å²) in [6.45, 7) is 6.01. The van der Waals surface area contributed by atoms with Gasteiger partial charge < -0.3 is 4.74 Å². The van der Waals surface area contributed by atoms with Gasteiger partial charge >= 0.3 is 0 Å². The zero-order valence-electron chi connectivity index (χ0n) is 16.5. The van der Waals surface area contributed by atoms with Crippen LogP contribution in [0.5, 0.6) is 5.75 Å². The van der Waals surface area contributed by atoms with E-state index in [9.17, 15) is 9.59 Å². The highest BCUT2D eigenvalue weighted by atomic mass is 127. The monoisotopic (exact) mass is 525 g/mol. The van der Waals surface area contributed by atoms with E-state index in [4.69, 9.17) is 17.0 Å². The molecular weight excluding hydrogens is 501 g/mol. The van der Waals surface area contributed by atoms with E-state index >= 15 is 0 Å². The smallest absolute Gasteiger partial charge is 0.276 e. The van der Waals surface area contributed by atoms with Crippen molar-refractivity contribution in [1.82, 2.24) is 16.2 Å². The molecule has 0 heterocycles. The van der Waals surface area contributed by atoms with Crippen LogP contribution >= 0.6 is 34.8 Å². The zero-order chi connectivity index (χ0) is 21.4. The summed E-state index contributed by atoms with van der Waals surface area (Å²) >= 11 is 7.22. The topological polar surface area (TPSA) is 79.5 Å². The van der Waals surface area contributed by atoms with Crippen molar-refractivity contribution in [3.8, 4) is 5.75 Å². The van der Waals surface area contributed by atoms with E-state index in [1.54, 1.807) is 12.1 Å². The number of para-hydroxylation sites is 1. The number of rotatable bonds is 6. The maximum Gasteiger partial charge on any atom is 0.276 e. The van der Waals surface area contributed by atoms with Gasteiger partial charge in [-0.05, 0) is 83.4 Å². The van der Waals surface area contributed by atoms with Crippen molar-refractivity contribution in [1.29, 1.82) is 0 Å². The van der Waals surface area contributed by atoms with Crippen LogP contribution in [-0.2, 0) is 4.79 Å². The van der Waals surface area contributed by atoms with Gasteiger partial charge in [0.05, 0.1) is 0 Å². The SMILES string of the molecule is CCC(C)c1ccccc1OCC(=O)NNC(=S)NC(=O)c1ccc(C)c(I)c1. The Kier molecular flexibility index (Phi) is 8.84. The Labute approximate surface area is 189 Å². The summed E-state index contributed by atoms with van der Waals surface area (Å²) in [5.41, 5.74) is 7.57. The van der Waals surface area contributed by atoms with Crippen molar-refractivity contribution < 1.29 is 14.3 Å². The summed E-state index contributed by atoms with van der Waals surface area (Å²) in [4.78, 5) is 24.3. The molecule has 3 N–H and O–H groups in total. The zero-order valence-corrected chi connectivity index (χ0v) is 19.5. The average Bonchev–Trinajstić information content (AvgIpc) is 2.72. The number of carbonyl (C=O) groups is 2. The molecule has 29 heavy (non-hydrogen) atoms. The van der Waals surface area contributed by atoms with Crippen LogP contribution in [0.1, 0.15) is 47.7 Å². The number of carbonyl (C=O) groups excluding carboxylic acids is 2. The Morgan fingerprint density at radius 3 is 2.59 bits per heavy atom. The molecule has 0 aliphatic carbocycles. The summed E-state index contributed by atoms with van der Waals surface area (Å²) < 4.78 is 6.63. The van der Waals surface area contributed by atoms with Crippen LogP contribution in [0.15, 0.2) is 42.5 Å². The number of amides is 2. The standard InChI is InChI=1S/C21H24IN3O3S/c1-4-13(2)16-7-5-6-8-18(16)28-12-19(26)24-25-21(29)23-20(27)15-10-9-14(3)17(22)11-15/h5-11,13H,4,12H2,1-3H3,(H,24,26)(H2,23,25,27,29). The highest BCUT2D eigenvalue weighted by Crippen LogP contribution is 2.28. The third-order valence-electron chi connectivity index (χ3n) is 4.40. The molecule has 0 aromatic heterocycles. The van der Waals surface area contributed by atoms with Gasteiger partial charge in [0.1, 0.15) is 5.75 Å². The maximum atomic E-state index is 12.2. The number of nitrogens with one attached hydrogen (secondary N) is 3. The molecule has 2 amide bonds. The molecule has 0 spiro atoms. The van der Waals surface area contributed by atoms with Crippen LogP contribution in [0.4, 0.5) is 0 Å². The van der Waals surface area contributed by atoms with Crippen LogP contribution in [0.25, 0.3) is 0 Å². The largest absolute Gasteiger partial charge is 0.483 e. The molecule has 6 nitrogen and oxygen atoms in total. The van der Waals surface area contributed by atoms with Gasteiger partial charge in [-0.2, -0.15) is 0 Å². The minimum absolute atomic E-state index is 0.000983. The number of hydrazine groups is 1. The molecule has 8 heteroatoms. The van der Waals surface area contributed by atoms with Crippen molar-refractivity contribution in [3.63, 3.8) is 0 Å². The number of hydrogen-bond donors (Lipinski definition) is 3. The first kappa shape index (κ1) is 23.1. The van der Waals surface area contributed by atoms with Gasteiger partial charge in [-0.15, -0.1) is 0 Å². The minimum Gasteiger partial charge on any atom is -0.483 e. The fourth-order valence-electron chi connectivity index (χ4n) is 2.49. The molecule has 2 aromatic carbocycles. The second-order valence-corrected chi connectivity index (χ2v) is 8.13. The molecular formula is C21H24IN3O3S. The van der Waals surface area contributed by atoms with Crippen molar-refractivity contribution in [2.24, 2.45) is 0 Å². The van der Waals surface area contributed by atoms with E-state index in [0.29, 0.717) is 17.2 Å². The van der Waals surface area contributed by atoms with Crippen LogP contribution in [0.3, 0.4) is 0 Å². The molecule has 0 aliphatic rings. The lowest BCUT2D eigenvalue weighted by molar-refractivity contribution is -0.123. The van der Waals surface area contributed by atoms with Gasteiger partial charge in [0, 0.05) is 9.13 Å². The Bertz CT molecular complexity index is 904. The Morgan fingerprint density at radius 1 is 1.17 bits per heavy atom. The van der Waals surface area contributed by atoms with Crippen molar-refractivity contribution in [3.05, 3.63) is 62.7 Å². The average molecular weight is 525 g/mol. The number of halogens is 1. The highest BCUT2D eigenvalue weighted by Gasteiger charge is 2.12.